The summed E-state index contributed by atoms with van der Waals surface area (Å²) in [5.74, 6) is 0.527. The molecule has 10 heteroatoms. The number of nitrogens with one attached hydrogen (secondary N) is 1. The number of aromatic nitrogens is 4. The summed E-state index contributed by atoms with van der Waals surface area (Å²) in [6.07, 6.45) is 0. The van der Waals surface area contributed by atoms with Crippen LogP contribution in [0.15, 0.2) is 63.8 Å². The summed E-state index contributed by atoms with van der Waals surface area (Å²) >= 11 is 7.46. The van der Waals surface area contributed by atoms with Crippen molar-refractivity contribution < 1.29 is 8.42 Å². The number of halogens is 1. The maximum absolute atomic E-state index is 13.5. The van der Waals surface area contributed by atoms with Gasteiger partial charge < -0.3 is 5.32 Å². The second-order valence-electron chi connectivity index (χ2n) is 7.13. The van der Waals surface area contributed by atoms with Crippen molar-refractivity contribution in [1.29, 1.82) is 0 Å². The largest absolute Gasteiger partial charge is 0.339 e. The van der Waals surface area contributed by atoms with E-state index in [9.17, 15) is 8.42 Å². The van der Waals surface area contributed by atoms with Crippen LogP contribution in [0.3, 0.4) is 0 Å². The minimum Gasteiger partial charge on any atom is -0.339 e. The monoisotopic (exact) mass is 469 g/mol. The summed E-state index contributed by atoms with van der Waals surface area (Å²) in [6, 6.07) is 14.4. The molecule has 0 spiro atoms. The zero-order chi connectivity index (χ0) is 21.8. The van der Waals surface area contributed by atoms with Crippen LogP contribution in [0.1, 0.15) is 11.1 Å². The first-order chi connectivity index (χ1) is 14.8. The molecule has 7 nitrogen and oxygen atoms in total. The number of benzene rings is 2. The van der Waals surface area contributed by atoms with E-state index in [0.717, 1.165) is 21.5 Å². The van der Waals surface area contributed by atoms with Crippen molar-refractivity contribution in [2.24, 2.45) is 0 Å². The fourth-order valence-corrected chi connectivity index (χ4v) is 5.85. The third kappa shape index (κ3) is 3.34. The highest BCUT2D eigenvalue weighted by molar-refractivity contribution is 7.91. The van der Waals surface area contributed by atoms with Gasteiger partial charge in [0.25, 0.3) is 0 Å². The van der Waals surface area contributed by atoms with Crippen molar-refractivity contribution in [3.8, 4) is 0 Å². The summed E-state index contributed by atoms with van der Waals surface area (Å²) in [4.78, 5) is 4.83. The molecule has 3 heterocycles. The van der Waals surface area contributed by atoms with Gasteiger partial charge in [0.05, 0.1) is 15.1 Å². The van der Waals surface area contributed by atoms with Gasteiger partial charge in [-0.1, -0.05) is 28.9 Å². The summed E-state index contributed by atoms with van der Waals surface area (Å²) in [5, 5.41) is 13.7. The van der Waals surface area contributed by atoms with Crippen LogP contribution in [0.4, 0.5) is 11.5 Å². The van der Waals surface area contributed by atoms with E-state index in [-0.39, 0.29) is 15.6 Å². The molecule has 0 amide bonds. The highest BCUT2D eigenvalue weighted by atomic mass is 35.5. The third-order valence-electron chi connectivity index (χ3n) is 4.92. The normalized spacial score (nSPS) is 12.0. The maximum atomic E-state index is 13.5. The van der Waals surface area contributed by atoms with Gasteiger partial charge in [-0.05, 0) is 66.8 Å². The van der Waals surface area contributed by atoms with Gasteiger partial charge in [0, 0.05) is 10.7 Å². The van der Waals surface area contributed by atoms with Crippen molar-refractivity contribution in [1.82, 2.24) is 19.8 Å². The Morgan fingerprint density at radius 2 is 1.84 bits per heavy atom. The van der Waals surface area contributed by atoms with E-state index in [0.29, 0.717) is 16.4 Å². The van der Waals surface area contributed by atoms with Gasteiger partial charge in [0.1, 0.15) is 0 Å². The number of thiophene rings is 1. The summed E-state index contributed by atoms with van der Waals surface area (Å²) < 4.78 is 29.3. The van der Waals surface area contributed by atoms with Crippen LogP contribution in [0.2, 0.25) is 5.02 Å². The SMILES string of the molecule is Cc1ccc(C)c(S(=O)(=O)c2nnn3c2nc(Nc2ccc(Cl)cc2)c2sccc23)c1. The van der Waals surface area contributed by atoms with Crippen LogP contribution >= 0.6 is 22.9 Å². The Morgan fingerprint density at radius 1 is 1.06 bits per heavy atom. The highest BCUT2D eigenvalue weighted by Gasteiger charge is 2.28. The molecule has 156 valence electrons. The zero-order valence-corrected chi connectivity index (χ0v) is 18.9. The zero-order valence-electron chi connectivity index (χ0n) is 16.5. The van der Waals surface area contributed by atoms with E-state index in [4.69, 9.17) is 11.6 Å². The topological polar surface area (TPSA) is 89.2 Å². The average molecular weight is 470 g/mol. The van der Waals surface area contributed by atoms with E-state index in [1.165, 1.54) is 15.9 Å². The lowest BCUT2D eigenvalue weighted by Crippen LogP contribution is -2.07. The molecule has 0 saturated heterocycles. The standard InChI is InChI=1S/C21H16ClN5O2S2/c1-12-3-4-13(2)17(11-12)31(28,29)21-20-24-19(23-15-7-5-14(22)6-8-15)18-16(9-10-30-18)27(20)26-25-21/h3-11H,1-2H3,(H,23,24). The van der Waals surface area contributed by atoms with E-state index in [1.54, 1.807) is 31.2 Å². The molecule has 2 aromatic carbocycles. The predicted octanol–water partition coefficient (Wildman–Crippen LogP) is 5.19. The number of sulfone groups is 1. The van der Waals surface area contributed by atoms with Crippen molar-refractivity contribution in [2.75, 3.05) is 5.32 Å². The molecule has 31 heavy (non-hydrogen) atoms. The van der Waals surface area contributed by atoms with E-state index >= 15 is 0 Å². The van der Waals surface area contributed by atoms with Crippen LogP contribution in [0.5, 0.6) is 0 Å². The molecule has 0 saturated carbocycles. The molecule has 0 radical (unpaired) electrons. The first-order valence-electron chi connectivity index (χ1n) is 9.32. The van der Waals surface area contributed by atoms with Gasteiger partial charge in [0.2, 0.25) is 14.9 Å². The first-order valence-corrected chi connectivity index (χ1v) is 12.1. The molecule has 0 aliphatic heterocycles. The molecule has 1 N–H and O–H groups in total. The number of hydrogen-bond donors (Lipinski definition) is 1. The fourth-order valence-electron chi connectivity index (χ4n) is 3.35. The summed E-state index contributed by atoms with van der Waals surface area (Å²) in [7, 11) is -3.92. The van der Waals surface area contributed by atoms with Gasteiger partial charge in [-0.25, -0.2) is 13.4 Å². The number of aryl methyl sites for hydroxylation is 2. The average Bonchev–Trinajstić information content (AvgIpc) is 3.38. The van der Waals surface area contributed by atoms with Crippen LogP contribution < -0.4 is 5.32 Å². The highest BCUT2D eigenvalue weighted by Crippen LogP contribution is 2.33. The van der Waals surface area contributed by atoms with E-state index in [2.05, 4.69) is 20.6 Å². The number of fused-ring (bicyclic) bond motifs is 3. The lowest BCUT2D eigenvalue weighted by atomic mass is 10.2. The lowest BCUT2D eigenvalue weighted by Gasteiger charge is -2.09. The van der Waals surface area contributed by atoms with Gasteiger partial charge in [0.15, 0.2) is 11.5 Å². The number of rotatable bonds is 4. The molecule has 0 fully saturated rings. The van der Waals surface area contributed by atoms with Gasteiger partial charge in [-0.2, -0.15) is 4.52 Å². The third-order valence-corrected chi connectivity index (χ3v) is 7.87. The molecular weight excluding hydrogens is 454 g/mol. The molecular formula is C21H16ClN5O2S2. The number of hydrogen-bond acceptors (Lipinski definition) is 7. The second-order valence-corrected chi connectivity index (χ2v) is 10.3. The Bertz CT molecular complexity index is 1560. The quantitative estimate of drug-likeness (QED) is 0.390. The lowest BCUT2D eigenvalue weighted by molar-refractivity contribution is 0.592. The minimum absolute atomic E-state index is 0.170. The van der Waals surface area contributed by atoms with Crippen LogP contribution in [-0.2, 0) is 9.84 Å². The molecule has 5 rings (SSSR count). The smallest absolute Gasteiger partial charge is 0.229 e. The van der Waals surface area contributed by atoms with Crippen molar-refractivity contribution in [3.05, 3.63) is 70.1 Å². The van der Waals surface area contributed by atoms with Crippen LogP contribution in [-0.4, -0.2) is 28.2 Å². The van der Waals surface area contributed by atoms with E-state index < -0.39 is 9.84 Å². The Morgan fingerprint density at radius 3 is 2.61 bits per heavy atom. The Labute approximate surface area is 187 Å². The Kier molecular flexibility index (Phi) is 4.69. The molecule has 5 aromatic rings. The number of nitrogens with zero attached hydrogens (tertiary/aromatic N) is 4. The van der Waals surface area contributed by atoms with Crippen LogP contribution in [0.25, 0.3) is 15.9 Å². The maximum Gasteiger partial charge on any atom is 0.229 e. The van der Waals surface area contributed by atoms with Crippen LogP contribution in [0, 0.1) is 13.8 Å². The van der Waals surface area contributed by atoms with E-state index in [1.807, 2.05) is 36.6 Å². The molecule has 3 aromatic heterocycles. The number of anilines is 2. The molecule has 0 bridgehead atoms. The van der Waals surface area contributed by atoms with Gasteiger partial charge in [-0.15, -0.1) is 16.4 Å². The van der Waals surface area contributed by atoms with Gasteiger partial charge >= 0.3 is 0 Å². The second kappa shape index (κ2) is 7.30. The first kappa shape index (κ1) is 19.9. The van der Waals surface area contributed by atoms with Crippen molar-refractivity contribution >= 4 is 60.1 Å². The van der Waals surface area contributed by atoms with Gasteiger partial charge in [-0.3, -0.25) is 0 Å². The molecule has 0 aliphatic carbocycles. The fraction of sp³-hybridized carbons (Fsp3) is 0.0952. The van der Waals surface area contributed by atoms with Crippen molar-refractivity contribution in [2.45, 2.75) is 23.8 Å². The molecule has 0 atom stereocenters. The molecule has 0 aliphatic rings. The summed E-state index contributed by atoms with van der Waals surface area (Å²) in [5.41, 5.74) is 3.16. The summed E-state index contributed by atoms with van der Waals surface area (Å²) in [6.45, 7) is 3.61. The Balaban J connectivity index is 1.72. The van der Waals surface area contributed by atoms with Crippen molar-refractivity contribution in [3.63, 3.8) is 0 Å². The minimum atomic E-state index is -3.92. The Hall–Kier alpha value is -3.01. The predicted molar refractivity (Wildman–Crippen MR) is 122 cm³/mol. The molecule has 0 unspecified atom stereocenters.